The van der Waals surface area contributed by atoms with E-state index in [4.69, 9.17) is 9.47 Å². The maximum Gasteiger partial charge on any atom is 0.156 e. The van der Waals surface area contributed by atoms with Gasteiger partial charge in [-0.05, 0) is 22.8 Å². The van der Waals surface area contributed by atoms with Crippen LogP contribution in [0, 0.1) is 5.92 Å². The molecule has 18 heavy (non-hydrogen) atoms. The van der Waals surface area contributed by atoms with E-state index in [2.05, 4.69) is 12.1 Å². The first-order chi connectivity index (χ1) is 8.83. The molecule has 1 atom stereocenters. The minimum Gasteiger partial charge on any atom is -0.376 e. The van der Waals surface area contributed by atoms with Crippen molar-refractivity contribution in [3.63, 3.8) is 0 Å². The summed E-state index contributed by atoms with van der Waals surface area (Å²) in [7, 11) is 0. The molecule has 0 saturated heterocycles. The largest absolute Gasteiger partial charge is 0.376 e. The molecule has 94 valence electrons. The number of ether oxygens (including phenoxy) is 2. The second-order valence-corrected chi connectivity index (χ2v) is 4.86. The number of benzene rings is 1. The van der Waals surface area contributed by atoms with Crippen LogP contribution in [-0.2, 0) is 27.5 Å². The third kappa shape index (κ3) is 2.37. The molecular formula is C15H16O3. The number of rotatable bonds is 0. The van der Waals surface area contributed by atoms with Gasteiger partial charge in [0.25, 0.3) is 0 Å². The molecule has 1 aromatic carbocycles. The molecule has 3 heteroatoms. The lowest BCUT2D eigenvalue weighted by Crippen LogP contribution is -2.15. The Morgan fingerprint density at radius 1 is 1.00 bits per heavy atom. The zero-order valence-corrected chi connectivity index (χ0v) is 10.2. The zero-order chi connectivity index (χ0) is 12.4. The summed E-state index contributed by atoms with van der Waals surface area (Å²) in [5.41, 5.74) is 3.43. The average Bonchev–Trinajstić information content (AvgIpc) is 2.72. The second-order valence-electron chi connectivity index (χ2n) is 4.86. The van der Waals surface area contributed by atoms with Crippen molar-refractivity contribution < 1.29 is 14.3 Å². The molecule has 1 aliphatic heterocycles. The molecule has 0 spiro atoms. The summed E-state index contributed by atoms with van der Waals surface area (Å²) < 4.78 is 11.5. The van der Waals surface area contributed by atoms with Gasteiger partial charge in [-0.15, -0.1) is 0 Å². The summed E-state index contributed by atoms with van der Waals surface area (Å²) in [6, 6.07) is 8.15. The number of allylic oxidation sites excluding steroid dienone is 1. The van der Waals surface area contributed by atoms with Crippen molar-refractivity contribution in [1.29, 1.82) is 0 Å². The molecule has 2 aliphatic rings. The van der Waals surface area contributed by atoms with E-state index in [1.165, 1.54) is 11.1 Å². The van der Waals surface area contributed by atoms with E-state index >= 15 is 0 Å². The molecule has 1 aliphatic carbocycles. The van der Waals surface area contributed by atoms with Gasteiger partial charge in [0.05, 0.1) is 26.4 Å². The molecule has 1 heterocycles. The molecule has 1 aromatic rings. The van der Waals surface area contributed by atoms with Gasteiger partial charge in [-0.25, -0.2) is 0 Å². The topological polar surface area (TPSA) is 35.5 Å². The van der Waals surface area contributed by atoms with Crippen LogP contribution in [0.15, 0.2) is 35.9 Å². The summed E-state index contributed by atoms with van der Waals surface area (Å²) in [5.74, 6) is 0.404. The Bertz CT molecular complexity index is 490. The second kappa shape index (κ2) is 5.04. The Kier molecular flexibility index (Phi) is 3.26. The Balaban J connectivity index is 1.79. The number of carbonyl (C=O) groups is 1. The first-order valence-corrected chi connectivity index (χ1v) is 6.28. The smallest absolute Gasteiger partial charge is 0.156 e. The fourth-order valence-corrected chi connectivity index (χ4v) is 2.51. The number of hydrogen-bond acceptors (Lipinski definition) is 3. The lowest BCUT2D eigenvalue weighted by atomic mass is 10.0. The standard InChI is InChI=1S/C15H16O3/c16-15-5-13-9-17-7-11-3-1-2-4-12(11)8-18-10-14(13)6-15/h1-5,14H,6-10H2. The molecule has 0 bridgehead atoms. The minimum absolute atomic E-state index is 0.193. The third-order valence-electron chi connectivity index (χ3n) is 3.54. The van der Waals surface area contributed by atoms with Gasteiger partial charge in [0, 0.05) is 12.3 Å². The van der Waals surface area contributed by atoms with Gasteiger partial charge in [0.2, 0.25) is 0 Å². The molecule has 0 N–H and O–H groups in total. The highest BCUT2D eigenvalue weighted by atomic mass is 16.5. The highest BCUT2D eigenvalue weighted by Crippen LogP contribution is 2.26. The maximum absolute atomic E-state index is 11.4. The van der Waals surface area contributed by atoms with Gasteiger partial charge >= 0.3 is 0 Å². The molecule has 0 fully saturated rings. The minimum atomic E-state index is 0.193. The summed E-state index contributed by atoms with van der Waals surface area (Å²) >= 11 is 0. The molecule has 3 nitrogen and oxygen atoms in total. The van der Waals surface area contributed by atoms with Gasteiger partial charge in [-0.2, -0.15) is 0 Å². The van der Waals surface area contributed by atoms with Gasteiger partial charge in [0.1, 0.15) is 0 Å². The lowest BCUT2D eigenvalue weighted by Gasteiger charge is -2.19. The van der Waals surface area contributed by atoms with Crippen molar-refractivity contribution in [2.75, 3.05) is 13.2 Å². The Labute approximate surface area is 106 Å². The van der Waals surface area contributed by atoms with Crippen molar-refractivity contribution in [2.24, 2.45) is 5.92 Å². The Morgan fingerprint density at radius 2 is 1.72 bits per heavy atom. The number of ketones is 1. The van der Waals surface area contributed by atoms with E-state index in [-0.39, 0.29) is 11.7 Å². The number of hydrogen-bond donors (Lipinski definition) is 0. The van der Waals surface area contributed by atoms with E-state index < -0.39 is 0 Å². The van der Waals surface area contributed by atoms with Gasteiger partial charge in [-0.1, -0.05) is 24.3 Å². The summed E-state index contributed by atoms with van der Waals surface area (Å²) in [6.07, 6.45) is 2.29. The summed E-state index contributed by atoms with van der Waals surface area (Å²) in [4.78, 5) is 11.4. The van der Waals surface area contributed by atoms with Gasteiger partial charge < -0.3 is 9.47 Å². The highest BCUT2D eigenvalue weighted by Gasteiger charge is 2.25. The molecule has 0 radical (unpaired) electrons. The number of fused-ring (bicyclic) bond motifs is 2. The van der Waals surface area contributed by atoms with Crippen LogP contribution in [0.25, 0.3) is 0 Å². The summed E-state index contributed by atoms with van der Waals surface area (Å²) in [5, 5.41) is 0. The van der Waals surface area contributed by atoms with Crippen molar-refractivity contribution in [3.05, 3.63) is 47.0 Å². The molecule has 1 unspecified atom stereocenters. The molecule has 0 amide bonds. The molecule has 0 aromatic heterocycles. The van der Waals surface area contributed by atoms with E-state index in [0.29, 0.717) is 32.8 Å². The van der Waals surface area contributed by atoms with Gasteiger partial charge in [0.15, 0.2) is 5.78 Å². The van der Waals surface area contributed by atoms with Crippen molar-refractivity contribution in [2.45, 2.75) is 19.6 Å². The fraction of sp³-hybridized carbons (Fsp3) is 0.400. The lowest BCUT2D eigenvalue weighted by molar-refractivity contribution is -0.114. The van der Waals surface area contributed by atoms with E-state index in [0.717, 1.165) is 5.57 Å². The SMILES string of the molecule is O=C1C=C2COCc3ccccc3COCC2C1. The van der Waals surface area contributed by atoms with Crippen molar-refractivity contribution >= 4 is 5.78 Å². The predicted octanol–water partition coefficient (Wildman–Crippen LogP) is 2.25. The number of carbonyl (C=O) groups excluding carboxylic acids is 1. The zero-order valence-electron chi connectivity index (χ0n) is 10.2. The highest BCUT2D eigenvalue weighted by molar-refractivity contribution is 5.93. The van der Waals surface area contributed by atoms with Crippen LogP contribution in [0.3, 0.4) is 0 Å². The van der Waals surface area contributed by atoms with Crippen LogP contribution < -0.4 is 0 Å². The van der Waals surface area contributed by atoms with E-state index in [1.807, 2.05) is 12.1 Å². The molecule has 0 saturated carbocycles. The average molecular weight is 244 g/mol. The Morgan fingerprint density at radius 3 is 2.50 bits per heavy atom. The van der Waals surface area contributed by atoms with E-state index in [9.17, 15) is 4.79 Å². The van der Waals surface area contributed by atoms with Gasteiger partial charge in [-0.3, -0.25) is 4.79 Å². The quantitative estimate of drug-likeness (QED) is 0.702. The van der Waals surface area contributed by atoms with Crippen LogP contribution in [0.2, 0.25) is 0 Å². The first-order valence-electron chi connectivity index (χ1n) is 6.28. The van der Waals surface area contributed by atoms with Crippen LogP contribution >= 0.6 is 0 Å². The summed E-state index contributed by atoms with van der Waals surface area (Å²) in [6.45, 7) is 2.32. The Hall–Kier alpha value is -1.45. The third-order valence-corrected chi connectivity index (χ3v) is 3.54. The van der Waals surface area contributed by atoms with Crippen LogP contribution in [0.1, 0.15) is 17.5 Å². The van der Waals surface area contributed by atoms with Crippen molar-refractivity contribution in [1.82, 2.24) is 0 Å². The molecule has 3 rings (SSSR count). The van der Waals surface area contributed by atoms with E-state index in [1.54, 1.807) is 6.08 Å². The molecular weight excluding hydrogens is 228 g/mol. The normalized spacial score (nSPS) is 24.1. The fourth-order valence-electron chi connectivity index (χ4n) is 2.51. The van der Waals surface area contributed by atoms with Crippen LogP contribution in [0.5, 0.6) is 0 Å². The van der Waals surface area contributed by atoms with Crippen molar-refractivity contribution in [3.8, 4) is 0 Å². The first kappa shape index (κ1) is 11.6. The van der Waals surface area contributed by atoms with Crippen LogP contribution in [0.4, 0.5) is 0 Å². The maximum atomic E-state index is 11.4. The monoisotopic (exact) mass is 244 g/mol. The predicted molar refractivity (Wildman–Crippen MR) is 67.0 cm³/mol. The van der Waals surface area contributed by atoms with Crippen LogP contribution in [-0.4, -0.2) is 19.0 Å².